The third kappa shape index (κ3) is 6.24. The van der Waals surface area contributed by atoms with Crippen LogP contribution in [0.3, 0.4) is 0 Å². The van der Waals surface area contributed by atoms with Crippen molar-refractivity contribution in [1.29, 1.82) is 0 Å². The molecule has 1 N–H and O–H groups in total. The highest BCUT2D eigenvalue weighted by Crippen LogP contribution is 2.43. The average Bonchev–Trinajstić information content (AvgIpc) is 2.87. The number of hydrogen-bond donors (Lipinski definition) is 1. The number of hydrogen-bond acceptors (Lipinski definition) is 3. The third-order valence-electron chi connectivity index (χ3n) is 4.18. The first kappa shape index (κ1) is 16.2. The van der Waals surface area contributed by atoms with Gasteiger partial charge in [-0.2, -0.15) is 5.26 Å². The van der Waals surface area contributed by atoms with E-state index in [1.54, 1.807) is 0 Å². The van der Waals surface area contributed by atoms with Gasteiger partial charge in [0.25, 0.3) is 0 Å². The molecule has 0 aliphatic heterocycles. The van der Waals surface area contributed by atoms with Crippen molar-refractivity contribution in [1.82, 2.24) is 0 Å². The van der Waals surface area contributed by atoms with Crippen molar-refractivity contribution < 1.29 is 14.9 Å². The van der Waals surface area contributed by atoms with Gasteiger partial charge < -0.3 is 4.89 Å². The van der Waals surface area contributed by atoms with E-state index in [1.807, 2.05) is 0 Å². The fraction of sp³-hybridized carbons (Fsp3) is 0.812. The summed E-state index contributed by atoms with van der Waals surface area (Å²) >= 11 is 0. The summed E-state index contributed by atoms with van der Waals surface area (Å²) in [7, 11) is 0. The molecule has 0 heterocycles. The Balaban J connectivity index is 2.24. The maximum Gasteiger partial charge on any atom is 0.342 e. The van der Waals surface area contributed by atoms with Crippen LogP contribution in [0, 0.1) is 5.41 Å². The molecule has 0 spiro atoms. The van der Waals surface area contributed by atoms with E-state index in [0.29, 0.717) is 11.8 Å². The zero-order valence-electron chi connectivity index (χ0n) is 12.2. The van der Waals surface area contributed by atoms with E-state index in [9.17, 15) is 4.79 Å². The number of allylic oxidation sites excluding steroid dienone is 2. The summed E-state index contributed by atoms with van der Waals surface area (Å²) in [6, 6.07) is 0. The van der Waals surface area contributed by atoms with E-state index in [2.05, 4.69) is 24.0 Å². The predicted octanol–water partition coefficient (Wildman–Crippen LogP) is 4.87. The highest BCUT2D eigenvalue weighted by atomic mass is 17.1. The van der Waals surface area contributed by atoms with Crippen LogP contribution >= 0.6 is 0 Å². The van der Waals surface area contributed by atoms with Crippen LogP contribution in [0.1, 0.15) is 77.6 Å². The molecular weight excluding hydrogens is 240 g/mol. The number of unbranched alkanes of at least 4 members (excludes halogenated alkanes) is 3. The number of carbonyl (C=O) groups excluding carboxylic acids is 1. The Hall–Kier alpha value is -0.830. The molecule has 0 aromatic heterocycles. The topological polar surface area (TPSA) is 46.5 Å². The van der Waals surface area contributed by atoms with Crippen molar-refractivity contribution in [2.45, 2.75) is 77.6 Å². The zero-order chi connectivity index (χ0) is 14.0. The van der Waals surface area contributed by atoms with Gasteiger partial charge in [-0.15, -0.1) is 0 Å². The SMILES string of the molecule is CCCC=CC1(CCCCCC(=O)OO)CCCC1. The van der Waals surface area contributed by atoms with Gasteiger partial charge in [0, 0.05) is 6.42 Å². The fourth-order valence-electron chi connectivity index (χ4n) is 3.05. The first-order chi connectivity index (χ1) is 9.22. The normalized spacial score (nSPS) is 18.0. The maximum absolute atomic E-state index is 10.8. The van der Waals surface area contributed by atoms with E-state index in [4.69, 9.17) is 5.26 Å². The monoisotopic (exact) mass is 268 g/mol. The second kappa shape index (κ2) is 9.13. The molecule has 0 atom stereocenters. The van der Waals surface area contributed by atoms with Crippen LogP contribution < -0.4 is 0 Å². The van der Waals surface area contributed by atoms with Crippen molar-refractivity contribution in [3.8, 4) is 0 Å². The molecule has 1 aliphatic rings. The second-order valence-electron chi connectivity index (χ2n) is 5.78. The van der Waals surface area contributed by atoms with E-state index in [1.165, 1.54) is 44.9 Å². The first-order valence-electron chi connectivity index (χ1n) is 7.74. The molecule has 3 nitrogen and oxygen atoms in total. The molecule has 0 unspecified atom stereocenters. The molecule has 110 valence electrons. The predicted molar refractivity (Wildman–Crippen MR) is 76.8 cm³/mol. The summed E-state index contributed by atoms with van der Waals surface area (Å²) < 4.78 is 0. The summed E-state index contributed by atoms with van der Waals surface area (Å²) in [6.45, 7) is 2.21. The second-order valence-corrected chi connectivity index (χ2v) is 5.78. The highest BCUT2D eigenvalue weighted by Gasteiger charge is 2.30. The van der Waals surface area contributed by atoms with Gasteiger partial charge in [0.05, 0.1) is 0 Å². The van der Waals surface area contributed by atoms with Gasteiger partial charge in [0.1, 0.15) is 0 Å². The average molecular weight is 268 g/mol. The Kier molecular flexibility index (Phi) is 7.80. The lowest BCUT2D eigenvalue weighted by Gasteiger charge is -2.25. The number of carbonyl (C=O) groups is 1. The van der Waals surface area contributed by atoms with Gasteiger partial charge >= 0.3 is 5.97 Å². The molecule has 1 saturated carbocycles. The Morgan fingerprint density at radius 1 is 1.26 bits per heavy atom. The van der Waals surface area contributed by atoms with Gasteiger partial charge in [-0.1, -0.05) is 51.2 Å². The van der Waals surface area contributed by atoms with Crippen LogP contribution in [-0.2, 0) is 9.68 Å². The zero-order valence-corrected chi connectivity index (χ0v) is 12.2. The molecule has 0 aromatic rings. The molecule has 0 aromatic carbocycles. The van der Waals surface area contributed by atoms with E-state index >= 15 is 0 Å². The van der Waals surface area contributed by atoms with Gasteiger partial charge in [-0.25, -0.2) is 4.79 Å². The standard InChI is InChI=1S/C16H28O3/c1-2-3-6-11-16(13-8-9-14-16)12-7-4-5-10-15(17)19-18/h6,11,18H,2-5,7-10,12-14H2,1H3. The highest BCUT2D eigenvalue weighted by molar-refractivity contribution is 5.68. The van der Waals surface area contributed by atoms with E-state index in [0.717, 1.165) is 19.3 Å². The summed E-state index contributed by atoms with van der Waals surface area (Å²) in [4.78, 5) is 14.5. The van der Waals surface area contributed by atoms with Gasteiger partial charge in [-0.3, -0.25) is 0 Å². The Bertz CT molecular complexity index is 278. The summed E-state index contributed by atoms with van der Waals surface area (Å²) in [5, 5.41) is 8.17. The lowest BCUT2D eigenvalue weighted by molar-refractivity contribution is -0.234. The minimum Gasteiger partial charge on any atom is -0.301 e. The van der Waals surface area contributed by atoms with Crippen molar-refractivity contribution >= 4 is 5.97 Å². The van der Waals surface area contributed by atoms with Crippen LogP contribution in [0.25, 0.3) is 0 Å². The Morgan fingerprint density at radius 2 is 2.00 bits per heavy atom. The van der Waals surface area contributed by atoms with Gasteiger partial charge in [0.15, 0.2) is 0 Å². The van der Waals surface area contributed by atoms with Crippen molar-refractivity contribution in [3.63, 3.8) is 0 Å². The van der Waals surface area contributed by atoms with Crippen molar-refractivity contribution in [2.75, 3.05) is 0 Å². The van der Waals surface area contributed by atoms with Gasteiger partial charge in [0.2, 0.25) is 0 Å². The van der Waals surface area contributed by atoms with Crippen LogP contribution in [0.4, 0.5) is 0 Å². The Labute approximate surface area is 117 Å². The molecule has 0 saturated heterocycles. The quantitative estimate of drug-likeness (QED) is 0.281. The molecule has 3 heteroatoms. The summed E-state index contributed by atoms with van der Waals surface area (Å²) in [5.74, 6) is -0.515. The minimum absolute atomic E-state index is 0.329. The molecule has 1 fully saturated rings. The Morgan fingerprint density at radius 3 is 2.63 bits per heavy atom. The molecule has 0 amide bonds. The van der Waals surface area contributed by atoms with Crippen LogP contribution in [0.15, 0.2) is 12.2 Å². The molecule has 1 rings (SSSR count). The summed E-state index contributed by atoms with van der Waals surface area (Å²) in [6.07, 6.45) is 17.2. The molecule has 1 aliphatic carbocycles. The minimum atomic E-state index is -0.515. The largest absolute Gasteiger partial charge is 0.342 e. The van der Waals surface area contributed by atoms with Crippen molar-refractivity contribution in [3.05, 3.63) is 12.2 Å². The smallest absolute Gasteiger partial charge is 0.301 e. The molecule has 0 bridgehead atoms. The van der Waals surface area contributed by atoms with Gasteiger partial charge in [-0.05, 0) is 37.5 Å². The van der Waals surface area contributed by atoms with Crippen LogP contribution in [0.2, 0.25) is 0 Å². The van der Waals surface area contributed by atoms with E-state index < -0.39 is 5.97 Å². The van der Waals surface area contributed by atoms with Crippen molar-refractivity contribution in [2.24, 2.45) is 5.41 Å². The molecule has 0 radical (unpaired) electrons. The fourth-order valence-corrected chi connectivity index (χ4v) is 3.05. The number of rotatable bonds is 9. The molecular formula is C16H28O3. The third-order valence-corrected chi connectivity index (χ3v) is 4.18. The lowest BCUT2D eigenvalue weighted by Crippen LogP contribution is -2.12. The van der Waals surface area contributed by atoms with Crippen LogP contribution in [0.5, 0.6) is 0 Å². The van der Waals surface area contributed by atoms with Crippen LogP contribution in [-0.4, -0.2) is 11.2 Å². The lowest BCUT2D eigenvalue weighted by atomic mass is 9.80. The molecule has 19 heavy (non-hydrogen) atoms. The summed E-state index contributed by atoms with van der Waals surface area (Å²) in [5.41, 5.74) is 0.437. The maximum atomic E-state index is 10.8. The first-order valence-corrected chi connectivity index (χ1v) is 7.74. The van der Waals surface area contributed by atoms with E-state index in [-0.39, 0.29) is 0 Å².